The van der Waals surface area contributed by atoms with Crippen LogP contribution in [0.2, 0.25) is 0 Å². The molecule has 0 bridgehead atoms. The quantitative estimate of drug-likeness (QED) is 0.630. The number of hydrogen-bond acceptors (Lipinski definition) is 5. The number of nitrogens with zero attached hydrogens (tertiary/aromatic N) is 2. The first kappa shape index (κ1) is 14.2. The van der Waals surface area contributed by atoms with E-state index in [2.05, 4.69) is 0 Å². The summed E-state index contributed by atoms with van der Waals surface area (Å²) in [6.07, 6.45) is -0.802. The van der Waals surface area contributed by atoms with Crippen LogP contribution in [0.3, 0.4) is 0 Å². The second-order valence-electron chi connectivity index (χ2n) is 5.91. The average Bonchev–Trinajstić information content (AvgIpc) is 2.93. The molecule has 0 aliphatic carbocycles. The molecule has 0 N–H and O–H groups in total. The van der Waals surface area contributed by atoms with Gasteiger partial charge in [-0.15, -0.1) is 0 Å². The first-order valence-electron chi connectivity index (χ1n) is 7.48. The molecule has 2 aliphatic rings. The third-order valence-corrected chi connectivity index (χ3v) is 4.54. The molecule has 2 aromatic rings. The van der Waals surface area contributed by atoms with E-state index < -0.39 is 17.7 Å². The molecule has 0 amide bonds. The highest BCUT2D eigenvalue weighted by Gasteiger charge is 2.68. The highest BCUT2D eigenvalue weighted by molar-refractivity contribution is 5.43. The van der Waals surface area contributed by atoms with Crippen molar-refractivity contribution < 1.29 is 14.5 Å². The molecule has 6 nitrogen and oxygen atoms in total. The van der Waals surface area contributed by atoms with Gasteiger partial charge in [-0.2, -0.15) is 5.06 Å². The minimum atomic E-state index is -1.65. The molecule has 6 heteroatoms. The third kappa shape index (κ3) is 1.95. The molecule has 0 aromatic heterocycles. The Kier molecular flexibility index (Phi) is 3.11. The van der Waals surface area contributed by atoms with Crippen LogP contribution in [0.5, 0.6) is 5.75 Å². The molecule has 2 aromatic carbocycles. The van der Waals surface area contributed by atoms with Crippen LogP contribution >= 0.6 is 0 Å². The SMILES string of the molecule is CN1C[C@@H]2c3ccccc3O[C@H](c3ccccc3)[C@]2([N+](=O)[O-])O1. The van der Waals surface area contributed by atoms with E-state index in [0.717, 1.165) is 11.1 Å². The maximum atomic E-state index is 12.1. The van der Waals surface area contributed by atoms with E-state index in [1.807, 2.05) is 54.6 Å². The fourth-order valence-corrected chi connectivity index (χ4v) is 3.57. The molecule has 0 radical (unpaired) electrons. The molecule has 0 saturated carbocycles. The van der Waals surface area contributed by atoms with E-state index in [4.69, 9.17) is 9.57 Å². The third-order valence-electron chi connectivity index (χ3n) is 4.54. The largest absolute Gasteiger partial charge is 0.475 e. The molecule has 4 rings (SSSR count). The summed E-state index contributed by atoms with van der Waals surface area (Å²) in [4.78, 5) is 17.5. The van der Waals surface area contributed by atoms with Gasteiger partial charge in [0.25, 0.3) is 0 Å². The standard InChI is InChI=1S/C17H16N2O4/c1-18-11-14-13-9-5-6-10-15(13)22-16(12-7-3-2-4-8-12)17(14,23-18)19(20)21/h2-10,14,16H,11H2,1H3/t14-,16-,17-/m1/s1. The summed E-state index contributed by atoms with van der Waals surface area (Å²) in [5.41, 5.74) is -0.0930. The second-order valence-corrected chi connectivity index (χ2v) is 5.91. The fourth-order valence-electron chi connectivity index (χ4n) is 3.57. The predicted molar refractivity (Wildman–Crippen MR) is 82.4 cm³/mol. The van der Waals surface area contributed by atoms with Gasteiger partial charge in [-0.05, 0) is 6.07 Å². The number of hydrogen-bond donors (Lipinski definition) is 0. The Morgan fingerprint density at radius 1 is 1.17 bits per heavy atom. The Bertz CT molecular complexity index is 751. The lowest BCUT2D eigenvalue weighted by atomic mass is 9.80. The van der Waals surface area contributed by atoms with E-state index in [1.54, 1.807) is 7.05 Å². The summed E-state index contributed by atoms with van der Waals surface area (Å²) >= 11 is 0. The number of rotatable bonds is 2. The molecule has 1 fully saturated rings. The van der Waals surface area contributed by atoms with Crippen LogP contribution in [0.25, 0.3) is 0 Å². The molecule has 118 valence electrons. The number of ether oxygens (including phenoxy) is 1. The minimum absolute atomic E-state index is 0.339. The summed E-state index contributed by atoms with van der Waals surface area (Å²) in [5, 5.41) is 13.6. The second kappa shape index (κ2) is 5.04. The predicted octanol–water partition coefficient (Wildman–Crippen LogP) is 2.75. The zero-order valence-electron chi connectivity index (χ0n) is 12.6. The highest BCUT2D eigenvalue weighted by atomic mass is 16.8. The minimum Gasteiger partial charge on any atom is -0.475 e. The van der Waals surface area contributed by atoms with Gasteiger partial charge >= 0.3 is 5.72 Å². The van der Waals surface area contributed by atoms with Gasteiger partial charge < -0.3 is 4.74 Å². The van der Waals surface area contributed by atoms with Crippen LogP contribution in [0.4, 0.5) is 0 Å². The molecule has 23 heavy (non-hydrogen) atoms. The average molecular weight is 312 g/mol. The number of hydroxylamine groups is 2. The summed E-state index contributed by atoms with van der Waals surface area (Å²) in [5.74, 6) is 0.292. The lowest BCUT2D eigenvalue weighted by molar-refractivity contribution is -0.655. The summed E-state index contributed by atoms with van der Waals surface area (Å²) in [6.45, 7) is 0.449. The first-order chi connectivity index (χ1) is 11.1. The zero-order chi connectivity index (χ0) is 16.0. The maximum absolute atomic E-state index is 12.1. The van der Waals surface area contributed by atoms with Crippen LogP contribution in [-0.4, -0.2) is 29.3 Å². The van der Waals surface area contributed by atoms with Gasteiger partial charge in [0.2, 0.25) is 6.10 Å². The lowest BCUT2D eigenvalue weighted by Crippen LogP contribution is -2.53. The Morgan fingerprint density at radius 2 is 1.87 bits per heavy atom. The molecular weight excluding hydrogens is 296 g/mol. The van der Waals surface area contributed by atoms with Gasteiger partial charge in [0.1, 0.15) is 11.7 Å². The van der Waals surface area contributed by atoms with Crippen molar-refractivity contribution in [3.05, 3.63) is 75.8 Å². The molecule has 2 aliphatic heterocycles. The maximum Gasteiger partial charge on any atom is 0.389 e. The van der Waals surface area contributed by atoms with E-state index in [9.17, 15) is 10.1 Å². The molecule has 3 atom stereocenters. The summed E-state index contributed by atoms with van der Waals surface area (Å²) in [7, 11) is 1.72. The van der Waals surface area contributed by atoms with E-state index >= 15 is 0 Å². The summed E-state index contributed by atoms with van der Waals surface area (Å²) < 4.78 is 6.05. The van der Waals surface area contributed by atoms with Crippen molar-refractivity contribution >= 4 is 0 Å². The lowest BCUT2D eigenvalue weighted by Gasteiger charge is -2.37. The Balaban J connectivity index is 1.93. The molecular formula is C17H16N2O4. The van der Waals surface area contributed by atoms with E-state index in [1.165, 1.54) is 5.06 Å². The first-order valence-corrected chi connectivity index (χ1v) is 7.48. The van der Waals surface area contributed by atoms with Crippen LogP contribution in [0.15, 0.2) is 54.6 Å². The van der Waals surface area contributed by atoms with Crippen LogP contribution in [0, 0.1) is 10.1 Å². The van der Waals surface area contributed by atoms with E-state index in [-0.39, 0.29) is 4.92 Å². The van der Waals surface area contributed by atoms with Crippen molar-refractivity contribution in [2.24, 2.45) is 0 Å². The fraction of sp³-hybridized carbons (Fsp3) is 0.294. The molecule has 1 saturated heterocycles. The number of para-hydroxylation sites is 1. The van der Waals surface area contributed by atoms with Gasteiger partial charge in [-0.25, -0.2) is 4.84 Å². The Hall–Kier alpha value is -2.44. The van der Waals surface area contributed by atoms with Crippen LogP contribution in [-0.2, 0) is 4.84 Å². The van der Waals surface area contributed by atoms with Gasteiger partial charge in [0.05, 0.1) is 4.92 Å². The van der Waals surface area contributed by atoms with Gasteiger partial charge in [-0.1, -0.05) is 48.5 Å². The summed E-state index contributed by atoms with van der Waals surface area (Å²) in [6, 6.07) is 16.7. The van der Waals surface area contributed by atoms with E-state index in [0.29, 0.717) is 12.3 Å². The number of fused-ring (bicyclic) bond motifs is 3. The van der Waals surface area contributed by atoms with Crippen molar-refractivity contribution in [2.45, 2.75) is 17.7 Å². The van der Waals surface area contributed by atoms with Crippen molar-refractivity contribution in [1.82, 2.24) is 5.06 Å². The van der Waals surface area contributed by atoms with Crippen molar-refractivity contribution in [3.8, 4) is 5.75 Å². The van der Waals surface area contributed by atoms with Crippen molar-refractivity contribution in [2.75, 3.05) is 13.6 Å². The monoisotopic (exact) mass is 312 g/mol. The molecule has 2 heterocycles. The van der Waals surface area contributed by atoms with Crippen LogP contribution < -0.4 is 4.74 Å². The number of likely N-dealkylation sites (N-methyl/N-ethyl adjacent to an activating group) is 1. The molecule has 0 spiro atoms. The van der Waals surface area contributed by atoms with Gasteiger partial charge in [-0.3, -0.25) is 10.1 Å². The number of benzene rings is 2. The van der Waals surface area contributed by atoms with Gasteiger partial charge in [0, 0.05) is 24.7 Å². The number of nitro groups is 1. The zero-order valence-corrected chi connectivity index (χ0v) is 12.6. The smallest absolute Gasteiger partial charge is 0.389 e. The topological polar surface area (TPSA) is 64.8 Å². The Morgan fingerprint density at radius 3 is 2.61 bits per heavy atom. The Labute approximate surface area is 133 Å². The normalized spacial score (nSPS) is 29.4. The van der Waals surface area contributed by atoms with Crippen LogP contribution in [0.1, 0.15) is 23.1 Å². The van der Waals surface area contributed by atoms with Gasteiger partial charge in [0.15, 0.2) is 0 Å². The van der Waals surface area contributed by atoms with Crippen molar-refractivity contribution in [3.63, 3.8) is 0 Å². The molecule has 0 unspecified atom stereocenters. The highest BCUT2D eigenvalue weighted by Crippen LogP contribution is 2.54. The van der Waals surface area contributed by atoms with Crippen molar-refractivity contribution in [1.29, 1.82) is 0 Å².